The first-order chi connectivity index (χ1) is 12.1. The number of carbonyl (C=O) groups is 1. The minimum atomic E-state index is -3.64. The monoisotopic (exact) mass is 383 g/mol. The number of hydrogen-bond acceptors (Lipinski definition) is 4. The maximum atomic E-state index is 13.3. The van der Waals surface area contributed by atoms with Gasteiger partial charge < -0.3 is 10.2 Å². The van der Waals surface area contributed by atoms with Crippen LogP contribution in [0.2, 0.25) is 0 Å². The second-order valence-corrected chi connectivity index (χ2v) is 8.85. The van der Waals surface area contributed by atoms with Crippen molar-refractivity contribution >= 4 is 21.6 Å². The van der Waals surface area contributed by atoms with E-state index < -0.39 is 10.0 Å². The molecule has 0 unspecified atom stereocenters. The molecule has 26 heavy (non-hydrogen) atoms. The molecule has 0 atom stereocenters. The van der Waals surface area contributed by atoms with Gasteiger partial charge in [0.25, 0.3) is 0 Å². The molecule has 1 N–H and O–H groups in total. The summed E-state index contributed by atoms with van der Waals surface area (Å²) in [6.45, 7) is 14.8. The molecule has 0 aromatic heterocycles. The third kappa shape index (κ3) is 6.37. The first-order valence-corrected chi connectivity index (χ1v) is 10.7. The summed E-state index contributed by atoms with van der Waals surface area (Å²) in [7, 11) is -3.64. The van der Waals surface area contributed by atoms with Gasteiger partial charge in [-0.2, -0.15) is 4.31 Å². The van der Waals surface area contributed by atoms with E-state index >= 15 is 0 Å². The fraction of sp³-hybridized carbons (Fsp3) is 0.632. The Kier molecular flexibility index (Phi) is 8.73. The number of benzene rings is 1. The fourth-order valence-electron chi connectivity index (χ4n) is 2.81. The van der Waals surface area contributed by atoms with Crippen LogP contribution in [0.15, 0.2) is 23.1 Å². The molecule has 1 aromatic rings. The zero-order valence-corrected chi connectivity index (χ0v) is 17.7. The number of anilines is 1. The lowest BCUT2D eigenvalue weighted by molar-refractivity contribution is -0.114. The number of aryl methyl sites for hydroxylation is 1. The maximum Gasteiger partial charge on any atom is 0.243 e. The molecule has 0 saturated carbocycles. The number of nitrogens with zero attached hydrogens (tertiary/aromatic N) is 2. The average molecular weight is 384 g/mol. The highest BCUT2D eigenvalue weighted by Crippen LogP contribution is 2.24. The molecule has 0 radical (unpaired) electrons. The van der Waals surface area contributed by atoms with E-state index in [9.17, 15) is 13.2 Å². The minimum Gasteiger partial charge on any atom is -0.326 e. The molecule has 6 nitrogen and oxygen atoms in total. The van der Waals surface area contributed by atoms with Gasteiger partial charge in [-0.25, -0.2) is 8.42 Å². The van der Waals surface area contributed by atoms with E-state index in [4.69, 9.17) is 0 Å². The van der Waals surface area contributed by atoms with Crippen LogP contribution in [0.4, 0.5) is 5.69 Å². The third-order valence-electron chi connectivity index (χ3n) is 4.26. The molecule has 1 amide bonds. The van der Waals surface area contributed by atoms with Gasteiger partial charge in [0.1, 0.15) is 0 Å². The summed E-state index contributed by atoms with van der Waals surface area (Å²) in [5.74, 6) is -0.00178. The first kappa shape index (κ1) is 22.6. The van der Waals surface area contributed by atoms with Crippen molar-refractivity contribution in [2.24, 2.45) is 5.92 Å². The van der Waals surface area contributed by atoms with E-state index in [1.807, 2.05) is 13.8 Å². The Morgan fingerprint density at radius 2 is 1.77 bits per heavy atom. The van der Waals surface area contributed by atoms with Crippen molar-refractivity contribution in [3.8, 4) is 0 Å². The molecule has 0 saturated heterocycles. The van der Waals surface area contributed by atoms with Crippen LogP contribution in [0.1, 0.15) is 40.2 Å². The Labute approximate surface area is 158 Å². The van der Waals surface area contributed by atoms with Crippen molar-refractivity contribution in [3.63, 3.8) is 0 Å². The Morgan fingerprint density at radius 3 is 2.27 bits per heavy atom. The van der Waals surface area contributed by atoms with E-state index in [1.165, 1.54) is 6.92 Å². The molecule has 0 heterocycles. The van der Waals surface area contributed by atoms with E-state index in [1.54, 1.807) is 29.4 Å². The van der Waals surface area contributed by atoms with Crippen LogP contribution >= 0.6 is 0 Å². The van der Waals surface area contributed by atoms with Gasteiger partial charge in [0.05, 0.1) is 4.90 Å². The second-order valence-electron chi connectivity index (χ2n) is 6.95. The number of carbonyl (C=O) groups excluding carboxylic acids is 1. The Balaban J connectivity index is 3.20. The SMILES string of the molecule is CCN(CC)CCN(CC(C)C)S(=O)(=O)c1cc(NC(C)=O)ccc1C. The van der Waals surface area contributed by atoms with Crippen molar-refractivity contribution in [1.82, 2.24) is 9.21 Å². The van der Waals surface area contributed by atoms with Gasteiger partial charge in [0, 0.05) is 32.2 Å². The summed E-state index contributed by atoms with van der Waals surface area (Å²) >= 11 is 0. The Bertz CT molecular complexity index is 698. The van der Waals surface area contributed by atoms with Gasteiger partial charge in [0.15, 0.2) is 0 Å². The number of amides is 1. The van der Waals surface area contributed by atoms with Crippen molar-refractivity contribution in [1.29, 1.82) is 0 Å². The molecule has 1 rings (SSSR count). The summed E-state index contributed by atoms with van der Waals surface area (Å²) in [5, 5.41) is 2.66. The van der Waals surface area contributed by atoms with Crippen molar-refractivity contribution in [3.05, 3.63) is 23.8 Å². The summed E-state index contributed by atoms with van der Waals surface area (Å²) < 4.78 is 28.2. The molecule has 0 fully saturated rings. The van der Waals surface area contributed by atoms with Crippen LogP contribution in [0, 0.1) is 12.8 Å². The van der Waals surface area contributed by atoms with Gasteiger partial charge in [-0.3, -0.25) is 4.79 Å². The van der Waals surface area contributed by atoms with E-state index in [-0.39, 0.29) is 16.7 Å². The van der Waals surface area contributed by atoms with E-state index in [0.717, 1.165) is 13.1 Å². The predicted octanol–water partition coefficient (Wildman–Crippen LogP) is 2.94. The quantitative estimate of drug-likeness (QED) is 0.674. The first-order valence-electron chi connectivity index (χ1n) is 9.22. The van der Waals surface area contributed by atoms with Gasteiger partial charge in [-0.1, -0.05) is 33.8 Å². The van der Waals surface area contributed by atoms with Gasteiger partial charge in [-0.05, 0) is 43.6 Å². The van der Waals surface area contributed by atoms with Crippen LogP contribution in [-0.4, -0.2) is 56.3 Å². The average Bonchev–Trinajstić information content (AvgIpc) is 2.55. The molecule has 0 aliphatic rings. The van der Waals surface area contributed by atoms with Crippen LogP contribution in [0.3, 0.4) is 0 Å². The zero-order chi connectivity index (χ0) is 19.9. The normalized spacial score (nSPS) is 12.2. The lowest BCUT2D eigenvalue weighted by atomic mass is 10.2. The summed E-state index contributed by atoms with van der Waals surface area (Å²) in [5.41, 5.74) is 1.17. The Hall–Kier alpha value is -1.44. The molecule has 1 aromatic carbocycles. The minimum absolute atomic E-state index is 0.223. The van der Waals surface area contributed by atoms with Crippen LogP contribution in [-0.2, 0) is 14.8 Å². The summed E-state index contributed by atoms with van der Waals surface area (Å²) in [4.78, 5) is 13.8. The topological polar surface area (TPSA) is 69.7 Å². The molecule has 0 bridgehead atoms. The molecule has 0 aliphatic carbocycles. The third-order valence-corrected chi connectivity index (χ3v) is 6.26. The highest BCUT2D eigenvalue weighted by atomic mass is 32.2. The second kappa shape index (κ2) is 10.0. The standard InChI is InChI=1S/C19H33N3O3S/c1-7-21(8-2)11-12-22(14-15(3)4)26(24,25)19-13-18(20-17(6)23)10-9-16(19)5/h9-10,13,15H,7-8,11-12,14H2,1-6H3,(H,20,23). The van der Waals surface area contributed by atoms with Gasteiger partial charge in [0.2, 0.25) is 15.9 Å². The number of nitrogens with one attached hydrogen (secondary N) is 1. The highest BCUT2D eigenvalue weighted by Gasteiger charge is 2.27. The molecule has 0 spiro atoms. The lowest BCUT2D eigenvalue weighted by Gasteiger charge is -2.28. The molecule has 148 valence electrons. The number of sulfonamides is 1. The van der Waals surface area contributed by atoms with Crippen LogP contribution < -0.4 is 5.32 Å². The van der Waals surface area contributed by atoms with Gasteiger partial charge in [-0.15, -0.1) is 0 Å². The molecular formula is C19H33N3O3S. The van der Waals surface area contributed by atoms with Crippen LogP contribution in [0.5, 0.6) is 0 Å². The number of likely N-dealkylation sites (N-methyl/N-ethyl adjacent to an activating group) is 1. The van der Waals surface area contributed by atoms with Crippen molar-refractivity contribution < 1.29 is 13.2 Å². The van der Waals surface area contributed by atoms with Crippen molar-refractivity contribution in [2.75, 3.05) is 38.0 Å². The zero-order valence-electron chi connectivity index (χ0n) is 16.9. The lowest BCUT2D eigenvalue weighted by Crippen LogP contribution is -2.40. The molecule has 7 heteroatoms. The predicted molar refractivity (Wildman–Crippen MR) is 107 cm³/mol. The number of hydrogen-bond donors (Lipinski definition) is 1. The van der Waals surface area contributed by atoms with E-state index in [0.29, 0.717) is 30.9 Å². The summed E-state index contributed by atoms with van der Waals surface area (Å²) in [6, 6.07) is 5.01. The number of rotatable bonds is 10. The summed E-state index contributed by atoms with van der Waals surface area (Å²) in [6.07, 6.45) is 0. The molecule has 0 aliphatic heterocycles. The molecular weight excluding hydrogens is 350 g/mol. The highest BCUT2D eigenvalue weighted by molar-refractivity contribution is 7.89. The smallest absolute Gasteiger partial charge is 0.243 e. The largest absolute Gasteiger partial charge is 0.326 e. The van der Waals surface area contributed by atoms with Gasteiger partial charge >= 0.3 is 0 Å². The maximum absolute atomic E-state index is 13.3. The Morgan fingerprint density at radius 1 is 1.15 bits per heavy atom. The fourth-order valence-corrected chi connectivity index (χ4v) is 4.65. The van der Waals surface area contributed by atoms with Crippen molar-refractivity contribution in [2.45, 2.75) is 46.4 Å². The van der Waals surface area contributed by atoms with Crippen LogP contribution in [0.25, 0.3) is 0 Å². The van der Waals surface area contributed by atoms with E-state index in [2.05, 4.69) is 24.1 Å².